The quantitative estimate of drug-likeness (QED) is 0.170. The van der Waals surface area contributed by atoms with E-state index in [1.54, 1.807) is 0 Å². The Hall–Kier alpha value is -4.26. The van der Waals surface area contributed by atoms with Crippen LogP contribution >= 0.6 is 0 Å². The first kappa shape index (κ1) is 35.6. The van der Waals surface area contributed by atoms with Gasteiger partial charge in [0.05, 0.1) is 0 Å². The molecule has 0 saturated carbocycles. The average Bonchev–Trinajstić information content (AvgIpc) is 3.14. The van der Waals surface area contributed by atoms with Crippen LogP contribution in [0, 0.1) is 41.5 Å². The van der Waals surface area contributed by atoms with E-state index in [-0.39, 0.29) is 11.8 Å². The molecule has 0 aliphatic carbocycles. The Labute approximate surface area is 299 Å². The Morgan fingerprint density at radius 1 is 0.440 bits per heavy atom. The van der Waals surface area contributed by atoms with E-state index in [4.69, 9.17) is 0 Å². The third-order valence-corrected chi connectivity index (χ3v) is 11.3. The molecule has 0 atom stereocenters. The molecule has 2 saturated heterocycles. The monoisotopic (exact) mass is 670 g/mol. The van der Waals surface area contributed by atoms with Gasteiger partial charge in [-0.05, 0) is 147 Å². The van der Waals surface area contributed by atoms with E-state index in [2.05, 4.69) is 99.9 Å². The highest BCUT2D eigenvalue weighted by molar-refractivity contribution is 5.95. The summed E-state index contributed by atoms with van der Waals surface area (Å²) in [7, 11) is 0. The lowest BCUT2D eigenvalue weighted by Gasteiger charge is -2.36. The number of piperazine rings is 2. The zero-order valence-corrected chi connectivity index (χ0v) is 31.0. The van der Waals surface area contributed by atoms with Gasteiger partial charge in [0, 0.05) is 63.5 Å². The molecule has 4 aromatic carbocycles. The average molecular weight is 671 g/mol. The maximum Gasteiger partial charge on any atom is 0.253 e. The van der Waals surface area contributed by atoms with Crippen molar-refractivity contribution < 1.29 is 9.59 Å². The van der Waals surface area contributed by atoms with Crippen LogP contribution in [0.15, 0.2) is 72.8 Å². The number of aryl methyl sites for hydroxylation is 4. The number of amides is 2. The summed E-state index contributed by atoms with van der Waals surface area (Å²) in [5.41, 5.74) is 14.1. The summed E-state index contributed by atoms with van der Waals surface area (Å²) >= 11 is 0. The van der Waals surface area contributed by atoms with E-state index in [0.717, 1.165) is 101 Å². The lowest BCUT2D eigenvalue weighted by molar-refractivity contribution is 0.0611. The standard InChI is InChI=1S/C44H54N4O2/c1-31-27-41(28-32(2)35(31)5)37-9-13-39(14-10-37)43(49)47-23-19-45(20-24-47)17-7-8-18-46-21-25-48(26-22-46)44(50)40-15-11-38(12-16-40)42-29-33(3)36(6)34(4)30-42/h9-16,27-30H,7-8,17-26H2,1-6H3. The second kappa shape index (κ2) is 15.7. The minimum atomic E-state index is 0.134. The van der Waals surface area contributed by atoms with Gasteiger partial charge in [0.2, 0.25) is 0 Å². The number of rotatable bonds is 9. The summed E-state index contributed by atoms with van der Waals surface area (Å²) < 4.78 is 0. The molecule has 2 aliphatic rings. The van der Waals surface area contributed by atoms with Crippen LogP contribution in [0.1, 0.15) is 66.9 Å². The van der Waals surface area contributed by atoms with Crippen molar-refractivity contribution in [3.63, 3.8) is 0 Å². The van der Waals surface area contributed by atoms with Crippen molar-refractivity contribution in [2.24, 2.45) is 0 Å². The van der Waals surface area contributed by atoms with E-state index in [1.807, 2.05) is 34.1 Å². The predicted octanol–water partition coefficient (Wildman–Crippen LogP) is 7.87. The zero-order valence-electron chi connectivity index (χ0n) is 31.0. The molecule has 50 heavy (non-hydrogen) atoms. The molecule has 262 valence electrons. The molecule has 2 fully saturated rings. The Morgan fingerprint density at radius 2 is 0.740 bits per heavy atom. The summed E-state index contributed by atoms with van der Waals surface area (Å²) in [4.78, 5) is 35.5. The van der Waals surface area contributed by atoms with E-state index in [9.17, 15) is 9.59 Å². The Balaban J connectivity index is 0.881. The summed E-state index contributed by atoms with van der Waals surface area (Å²) in [5.74, 6) is 0.268. The molecule has 0 unspecified atom stereocenters. The van der Waals surface area contributed by atoms with E-state index in [1.165, 1.54) is 44.5 Å². The molecule has 0 spiro atoms. The lowest BCUT2D eigenvalue weighted by atomic mass is 9.96. The van der Waals surface area contributed by atoms with Gasteiger partial charge < -0.3 is 9.80 Å². The first-order valence-corrected chi connectivity index (χ1v) is 18.5. The van der Waals surface area contributed by atoms with Gasteiger partial charge in [-0.15, -0.1) is 0 Å². The molecule has 4 aromatic rings. The second-order valence-electron chi connectivity index (χ2n) is 14.6. The van der Waals surface area contributed by atoms with Gasteiger partial charge in [0.25, 0.3) is 11.8 Å². The molecule has 6 heteroatoms. The van der Waals surface area contributed by atoms with Gasteiger partial charge in [-0.1, -0.05) is 48.5 Å². The lowest BCUT2D eigenvalue weighted by Crippen LogP contribution is -2.49. The SMILES string of the molecule is Cc1cc(-c2ccc(C(=O)N3CCN(CCCCN4CCN(C(=O)c5ccc(-c6cc(C)c(C)c(C)c6)cc5)CC4)CC3)cc2)cc(C)c1C. The van der Waals surface area contributed by atoms with E-state index >= 15 is 0 Å². The fourth-order valence-electron chi connectivity index (χ4n) is 7.40. The first-order chi connectivity index (χ1) is 24.1. The smallest absolute Gasteiger partial charge is 0.253 e. The first-order valence-electron chi connectivity index (χ1n) is 18.5. The van der Waals surface area contributed by atoms with Gasteiger partial charge in [-0.2, -0.15) is 0 Å². The molecule has 6 nitrogen and oxygen atoms in total. The fourth-order valence-corrected chi connectivity index (χ4v) is 7.40. The van der Waals surface area contributed by atoms with Crippen molar-refractivity contribution in [3.05, 3.63) is 117 Å². The minimum absolute atomic E-state index is 0.134. The van der Waals surface area contributed by atoms with Crippen LogP contribution in [0.25, 0.3) is 22.3 Å². The molecule has 6 rings (SSSR count). The minimum Gasteiger partial charge on any atom is -0.336 e. The highest BCUT2D eigenvalue weighted by Gasteiger charge is 2.24. The summed E-state index contributed by atoms with van der Waals surface area (Å²) in [6.45, 7) is 21.9. The summed E-state index contributed by atoms with van der Waals surface area (Å²) in [5, 5.41) is 0. The largest absolute Gasteiger partial charge is 0.336 e. The molecule has 2 heterocycles. The molecule has 2 amide bonds. The second-order valence-corrected chi connectivity index (χ2v) is 14.6. The molecule has 0 bridgehead atoms. The molecule has 0 N–H and O–H groups in total. The van der Waals surface area contributed by atoms with Crippen molar-refractivity contribution in [3.8, 4) is 22.3 Å². The molecular weight excluding hydrogens is 617 g/mol. The van der Waals surface area contributed by atoms with Crippen LogP contribution in [-0.2, 0) is 0 Å². The van der Waals surface area contributed by atoms with Crippen LogP contribution in [0.2, 0.25) is 0 Å². The number of unbranched alkanes of at least 4 members (excludes halogenated alkanes) is 1. The van der Waals surface area contributed by atoms with Crippen LogP contribution < -0.4 is 0 Å². The van der Waals surface area contributed by atoms with Crippen LogP contribution in [0.3, 0.4) is 0 Å². The predicted molar refractivity (Wildman–Crippen MR) is 206 cm³/mol. The normalized spacial score (nSPS) is 15.8. The topological polar surface area (TPSA) is 47.1 Å². The molecular formula is C44H54N4O2. The van der Waals surface area contributed by atoms with Gasteiger partial charge in [-0.3, -0.25) is 19.4 Å². The third kappa shape index (κ3) is 8.20. The van der Waals surface area contributed by atoms with E-state index < -0.39 is 0 Å². The van der Waals surface area contributed by atoms with Crippen molar-refractivity contribution in [1.29, 1.82) is 0 Å². The van der Waals surface area contributed by atoms with Gasteiger partial charge in [0.15, 0.2) is 0 Å². The fraction of sp³-hybridized carbons (Fsp3) is 0.409. The number of carbonyl (C=O) groups excluding carboxylic acids is 2. The maximum atomic E-state index is 13.3. The Kier molecular flexibility index (Phi) is 11.2. The molecule has 2 aliphatic heterocycles. The highest BCUT2D eigenvalue weighted by Crippen LogP contribution is 2.27. The highest BCUT2D eigenvalue weighted by atomic mass is 16.2. The number of nitrogens with zero attached hydrogens (tertiary/aromatic N) is 4. The zero-order chi connectivity index (χ0) is 35.4. The maximum absolute atomic E-state index is 13.3. The Bertz CT molecular complexity index is 1630. The number of carbonyl (C=O) groups is 2. The van der Waals surface area contributed by atoms with Crippen molar-refractivity contribution in [2.45, 2.75) is 54.4 Å². The van der Waals surface area contributed by atoms with Crippen molar-refractivity contribution >= 4 is 11.8 Å². The van der Waals surface area contributed by atoms with Crippen LogP contribution in [0.5, 0.6) is 0 Å². The van der Waals surface area contributed by atoms with E-state index in [0.29, 0.717) is 0 Å². The third-order valence-electron chi connectivity index (χ3n) is 11.3. The summed E-state index contributed by atoms with van der Waals surface area (Å²) in [6, 6.07) is 25.2. The van der Waals surface area contributed by atoms with Crippen molar-refractivity contribution in [1.82, 2.24) is 19.6 Å². The number of hydrogen-bond acceptors (Lipinski definition) is 4. The van der Waals surface area contributed by atoms with Gasteiger partial charge in [-0.25, -0.2) is 0 Å². The van der Waals surface area contributed by atoms with Crippen LogP contribution in [0.4, 0.5) is 0 Å². The van der Waals surface area contributed by atoms with Crippen LogP contribution in [-0.4, -0.2) is 96.9 Å². The number of hydrogen-bond donors (Lipinski definition) is 0. The molecule has 0 radical (unpaired) electrons. The van der Waals surface area contributed by atoms with Gasteiger partial charge >= 0.3 is 0 Å². The Morgan fingerprint density at radius 3 is 1.04 bits per heavy atom. The van der Waals surface area contributed by atoms with Crippen molar-refractivity contribution in [2.75, 3.05) is 65.4 Å². The summed E-state index contributed by atoms with van der Waals surface area (Å²) in [6.07, 6.45) is 2.30. The van der Waals surface area contributed by atoms with Gasteiger partial charge in [0.1, 0.15) is 0 Å². The number of benzene rings is 4. The molecule has 0 aromatic heterocycles.